The van der Waals surface area contributed by atoms with E-state index in [1.165, 1.54) is 24.1 Å². The molecule has 3 aromatic rings. The summed E-state index contributed by atoms with van der Waals surface area (Å²) in [5.41, 5.74) is 0.491. The lowest BCUT2D eigenvalue weighted by Gasteiger charge is -2.23. The van der Waals surface area contributed by atoms with E-state index in [2.05, 4.69) is 15.3 Å². The number of halogens is 3. The summed E-state index contributed by atoms with van der Waals surface area (Å²) in [5, 5.41) is 11.8. The molecule has 0 atom stereocenters. The fourth-order valence-corrected chi connectivity index (χ4v) is 2.70. The van der Waals surface area contributed by atoms with Gasteiger partial charge < -0.3 is 15.0 Å². The number of anilines is 4. The largest absolute Gasteiger partial charge is 0.494 e. The van der Waals surface area contributed by atoms with Crippen molar-refractivity contribution < 1.29 is 17.9 Å². The van der Waals surface area contributed by atoms with E-state index in [1.54, 1.807) is 36.4 Å². The molecule has 0 bridgehead atoms. The Morgan fingerprint density at radius 2 is 1.77 bits per heavy atom. The Bertz CT molecular complexity index is 1040. The van der Waals surface area contributed by atoms with Crippen LogP contribution in [0.2, 0.25) is 0 Å². The van der Waals surface area contributed by atoms with Crippen molar-refractivity contribution in [3.8, 4) is 11.8 Å². The number of alkyl halides is 3. The minimum absolute atomic E-state index is 0.0163. The zero-order valence-corrected chi connectivity index (χ0v) is 16.2. The van der Waals surface area contributed by atoms with Gasteiger partial charge in [0.1, 0.15) is 11.3 Å². The zero-order valence-electron chi connectivity index (χ0n) is 16.2. The molecule has 1 N–H and O–H groups in total. The Hall–Kier alpha value is -3.80. The maximum absolute atomic E-state index is 13.5. The number of nitrogens with zero attached hydrogens (tertiary/aromatic N) is 4. The molecule has 0 aliphatic rings. The van der Waals surface area contributed by atoms with Gasteiger partial charge in [0.2, 0.25) is 5.95 Å². The van der Waals surface area contributed by atoms with E-state index < -0.39 is 11.7 Å². The van der Waals surface area contributed by atoms with E-state index in [0.717, 1.165) is 6.20 Å². The summed E-state index contributed by atoms with van der Waals surface area (Å²) >= 11 is 0. The molecule has 6 nitrogen and oxygen atoms in total. The first-order valence-corrected chi connectivity index (χ1v) is 9.00. The van der Waals surface area contributed by atoms with Gasteiger partial charge >= 0.3 is 6.18 Å². The molecule has 0 amide bonds. The van der Waals surface area contributed by atoms with Crippen LogP contribution in [0, 0.1) is 11.3 Å². The molecule has 30 heavy (non-hydrogen) atoms. The predicted molar refractivity (Wildman–Crippen MR) is 107 cm³/mol. The lowest BCUT2D eigenvalue weighted by molar-refractivity contribution is -0.137. The first-order valence-electron chi connectivity index (χ1n) is 9.00. The fraction of sp³-hybridized carbons (Fsp3) is 0.190. The van der Waals surface area contributed by atoms with Gasteiger partial charge in [-0.1, -0.05) is 0 Å². The van der Waals surface area contributed by atoms with Crippen molar-refractivity contribution in [1.82, 2.24) is 9.97 Å². The highest BCUT2D eigenvalue weighted by atomic mass is 19.4. The van der Waals surface area contributed by atoms with Crippen LogP contribution >= 0.6 is 0 Å². The number of nitrogens with one attached hydrogen (secondary N) is 1. The minimum Gasteiger partial charge on any atom is -0.494 e. The minimum atomic E-state index is -4.63. The third-order valence-corrected chi connectivity index (χ3v) is 4.20. The van der Waals surface area contributed by atoms with Crippen LogP contribution in [0.25, 0.3) is 0 Å². The Kier molecular flexibility index (Phi) is 6.06. The van der Waals surface area contributed by atoms with Crippen LogP contribution < -0.4 is 15.0 Å². The SMILES string of the molecule is CCOc1ccc(Nc2ncc(C(F)(F)F)c(N(C)c3ccc(C#N)cc3)n2)cc1. The van der Waals surface area contributed by atoms with E-state index in [1.807, 2.05) is 13.0 Å². The molecule has 0 saturated heterocycles. The molecule has 2 aromatic carbocycles. The normalized spacial score (nSPS) is 10.9. The summed E-state index contributed by atoms with van der Waals surface area (Å²) in [6, 6.07) is 15.0. The Balaban J connectivity index is 1.94. The number of nitriles is 1. The van der Waals surface area contributed by atoms with Crippen molar-refractivity contribution in [3.63, 3.8) is 0 Å². The lowest BCUT2D eigenvalue weighted by atomic mass is 10.2. The molecule has 154 valence electrons. The smallest absolute Gasteiger partial charge is 0.421 e. The van der Waals surface area contributed by atoms with Crippen LogP contribution in [0.5, 0.6) is 5.75 Å². The molecular formula is C21H18F3N5O. The average molecular weight is 413 g/mol. The maximum Gasteiger partial charge on any atom is 0.421 e. The number of aromatic nitrogens is 2. The molecule has 0 fully saturated rings. The van der Waals surface area contributed by atoms with Crippen LogP contribution in [0.4, 0.5) is 36.3 Å². The van der Waals surface area contributed by atoms with Crippen LogP contribution in [-0.4, -0.2) is 23.6 Å². The van der Waals surface area contributed by atoms with Gasteiger partial charge in [0, 0.05) is 24.6 Å². The van der Waals surface area contributed by atoms with Gasteiger partial charge in [0.15, 0.2) is 5.82 Å². The van der Waals surface area contributed by atoms with Crippen molar-refractivity contribution in [2.75, 3.05) is 23.9 Å². The summed E-state index contributed by atoms with van der Waals surface area (Å²) in [4.78, 5) is 9.22. The number of rotatable bonds is 6. The monoisotopic (exact) mass is 413 g/mol. The Morgan fingerprint density at radius 1 is 1.10 bits per heavy atom. The standard InChI is InChI=1S/C21H18F3N5O/c1-3-30-17-10-6-15(7-11-17)27-20-26-13-18(21(22,23)24)19(28-20)29(2)16-8-4-14(12-25)5-9-16/h4-11,13H,3H2,1-2H3,(H,26,27,28). The summed E-state index contributed by atoms with van der Waals surface area (Å²) in [6.45, 7) is 2.40. The van der Waals surface area contributed by atoms with Crippen molar-refractivity contribution in [3.05, 3.63) is 65.9 Å². The van der Waals surface area contributed by atoms with E-state index >= 15 is 0 Å². The van der Waals surface area contributed by atoms with E-state index in [-0.39, 0.29) is 11.8 Å². The number of hydrogen-bond donors (Lipinski definition) is 1. The van der Waals surface area contributed by atoms with Crippen molar-refractivity contribution in [1.29, 1.82) is 5.26 Å². The molecule has 1 heterocycles. The maximum atomic E-state index is 13.5. The van der Waals surface area contributed by atoms with Crippen LogP contribution in [0.3, 0.4) is 0 Å². The van der Waals surface area contributed by atoms with Gasteiger partial charge in [-0.25, -0.2) is 4.98 Å². The van der Waals surface area contributed by atoms with Gasteiger partial charge in [-0.05, 0) is 55.5 Å². The number of ether oxygens (including phenoxy) is 1. The molecule has 0 unspecified atom stereocenters. The highest BCUT2D eigenvalue weighted by molar-refractivity contribution is 5.65. The van der Waals surface area contributed by atoms with Gasteiger partial charge in [0.05, 0.1) is 18.2 Å². The molecule has 0 radical (unpaired) electrons. The zero-order chi connectivity index (χ0) is 21.7. The first kappa shape index (κ1) is 20.9. The summed E-state index contributed by atoms with van der Waals surface area (Å²) in [5.74, 6) is 0.385. The highest BCUT2D eigenvalue weighted by Crippen LogP contribution is 2.37. The third kappa shape index (κ3) is 4.78. The predicted octanol–water partition coefficient (Wildman–Crippen LogP) is 5.28. The second kappa shape index (κ2) is 8.69. The molecule has 0 spiro atoms. The molecule has 9 heteroatoms. The molecule has 3 rings (SSSR count). The Morgan fingerprint density at radius 3 is 2.33 bits per heavy atom. The van der Waals surface area contributed by atoms with Gasteiger partial charge in [-0.2, -0.15) is 23.4 Å². The molecule has 0 aliphatic heterocycles. The van der Waals surface area contributed by atoms with Crippen molar-refractivity contribution in [2.24, 2.45) is 0 Å². The van der Waals surface area contributed by atoms with Gasteiger partial charge in [0.25, 0.3) is 0 Å². The lowest BCUT2D eigenvalue weighted by Crippen LogP contribution is -2.19. The second-order valence-corrected chi connectivity index (χ2v) is 6.23. The topological polar surface area (TPSA) is 74.1 Å². The van der Waals surface area contributed by atoms with Crippen LogP contribution in [0.15, 0.2) is 54.7 Å². The number of hydrogen-bond acceptors (Lipinski definition) is 6. The molecule has 0 aliphatic carbocycles. The summed E-state index contributed by atoms with van der Waals surface area (Å²) < 4.78 is 46.0. The highest BCUT2D eigenvalue weighted by Gasteiger charge is 2.36. The molecule has 0 saturated carbocycles. The van der Waals surface area contributed by atoms with Crippen molar-refractivity contribution >= 4 is 23.1 Å². The van der Waals surface area contributed by atoms with Crippen LogP contribution in [0.1, 0.15) is 18.1 Å². The third-order valence-electron chi connectivity index (χ3n) is 4.20. The van der Waals surface area contributed by atoms with Crippen LogP contribution in [-0.2, 0) is 6.18 Å². The fourth-order valence-electron chi connectivity index (χ4n) is 2.70. The van der Waals surface area contributed by atoms with E-state index in [4.69, 9.17) is 10.00 Å². The van der Waals surface area contributed by atoms with E-state index in [0.29, 0.717) is 29.3 Å². The van der Waals surface area contributed by atoms with Gasteiger partial charge in [-0.3, -0.25) is 0 Å². The molecule has 1 aromatic heterocycles. The van der Waals surface area contributed by atoms with E-state index in [9.17, 15) is 13.2 Å². The second-order valence-electron chi connectivity index (χ2n) is 6.23. The summed E-state index contributed by atoms with van der Waals surface area (Å²) in [6.07, 6.45) is -3.88. The van der Waals surface area contributed by atoms with Gasteiger partial charge in [-0.15, -0.1) is 0 Å². The van der Waals surface area contributed by atoms with Crippen molar-refractivity contribution in [2.45, 2.75) is 13.1 Å². The molecular weight excluding hydrogens is 395 g/mol. The average Bonchev–Trinajstić information content (AvgIpc) is 2.74. The first-order chi connectivity index (χ1) is 14.3. The Labute approximate surface area is 171 Å². The summed E-state index contributed by atoms with van der Waals surface area (Å²) in [7, 11) is 1.47. The number of benzene rings is 2. The quantitative estimate of drug-likeness (QED) is 0.593.